The molecular formula is C15H14F6N4. The zero-order chi connectivity index (χ0) is 18.4. The topological polar surface area (TPSA) is 55.0 Å². The number of nitrogens with two attached hydrogens (primary N) is 1. The first-order valence-electron chi connectivity index (χ1n) is 7.45. The third-order valence-electron chi connectivity index (χ3n) is 4.20. The van der Waals surface area contributed by atoms with Gasteiger partial charge in [-0.1, -0.05) is 0 Å². The van der Waals surface area contributed by atoms with E-state index in [-0.39, 0.29) is 30.7 Å². The fourth-order valence-electron chi connectivity index (χ4n) is 3.10. The molecule has 1 aliphatic rings. The van der Waals surface area contributed by atoms with Crippen LogP contribution in [0.5, 0.6) is 0 Å². The summed E-state index contributed by atoms with van der Waals surface area (Å²) >= 11 is 0. The Hall–Kier alpha value is -2.10. The standard InChI is InChI=1S/C15H14F6N4/c16-14(17,18)8-5-9(22)7-25(6-8)11-2-1-10(15(19,20)21)12-13(11)24-4-3-23-12/h1-4,8-9H,5-7,22H2/t8-,9+/m1/s1. The quantitative estimate of drug-likeness (QED) is 0.789. The molecule has 1 aromatic carbocycles. The highest BCUT2D eigenvalue weighted by molar-refractivity contribution is 5.90. The van der Waals surface area contributed by atoms with Crippen LogP contribution in [0.1, 0.15) is 12.0 Å². The lowest BCUT2D eigenvalue weighted by Crippen LogP contribution is -2.51. The van der Waals surface area contributed by atoms with E-state index in [4.69, 9.17) is 5.73 Å². The van der Waals surface area contributed by atoms with Crippen LogP contribution < -0.4 is 10.6 Å². The van der Waals surface area contributed by atoms with Crippen LogP contribution in [0, 0.1) is 5.92 Å². The summed E-state index contributed by atoms with van der Waals surface area (Å²) in [7, 11) is 0. The Balaban J connectivity index is 2.07. The molecule has 2 aromatic rings. The summed E-state index contributed by atoms with van der Waals surface area (Å²) in [6, 6.07) is 1.20. The maximum atomic E-state index is 13.1. The van der Waals surface area contributed by atoms with Gasteiger partial charge in [0.1, 0.15) is 11.0 Å². The SMILES string of the molecule is N[C@H]1C[C@@H](C(F)(F)F)CN(c2ccc(C(F)(F)F)c3nccnc23)C1. The van der Waals surface area contributed by atoms with Crippen molar-refractivity contribution in [1.29, 1.82) is 0 Å². The Morgan fingerprint density at radius 1 is 0.960 bits per heavy atom. The first-order chi connectivity index (χ1) is 11.6. The van der Waals surface area contributed by atoms with Crippen LogP contribution in [-0.2, 0) is 6.18 Å². The molecule has 1 saturated heterocycles. The number of nitrogens with zero attached hydrogens (tertiary/aromatic N) is 3. The van der Waals surface area contributed by atoms with Crippen molar-refractivity contribution in [3.8, 4) is 0 Å². The van der Waals surface area contributed by atoms with Crippen molar-refractivity contribution in [2.45, 2.75) is 24.8 Å². The fourth-order valence-corrected chi connectivity index (χ4v) is 3.10. The van der Waals surface area contributed by atoms with E-state index >= 15 is 0 Å². The van der Waals surface area contributed by atoms with Crippen LogP contribution in [0.25, 0.3) is 11.0 Å². The van der Waals surface area contributed by atoms with Crippen molar-refractivity contribution in [3.05, 3.63) is 30.1 Å². The Labute approximate surface area is 138 Å². The van der Waals surface area contributed by atoms with E-state index in [1.807, 2.05) is 0 Å². The Kier molecular flexibility index (Phi) is 4.26. The molecule has 1 fully saturated rings. The van der Waals surface area contributed by atoms with Gasteiger partial charge in [0.05, 0.1) is 17.2 Å². The van der Waals surface area contributed by atoms with Gasteiger partial charge in [0, 0.05) is 31.5 Å². The minimum atomic E-state index is -4.64. The molecule has 10 heteroatoms. The predicted molar refractivity (Wildman–Crippen MR) is 78.9 cm³/mol. The molecule has 4 nitrogen and oxygen atoms in total. The molecule has 1 aliphatic heterocycles. The van der Waals surface area contributed by atoms with Gasteiger partial charge in [-0.05, 0) is 18.6 Å². The van der Waals surface area contributed by atoms with Crippen molar-refractivity contribution < 1.29 is 26.3 Å². The highest BCUT2D eigenvalue weighted by atomic mass is 19.4. The molecule has 0 aliphatic carbocycles. The zero-order valence-electron chi connectivity index (χ0n) is 12.8. The molecule has 0 spiro atoms. The molecule has 0 saturated carbocycles. The molecule has 0 unspecified atom stereocenters. The van der Waals surface area contributed by atoms with Crippen LogP contribution in [0.15, 0.2) is 24.5 Å². The van der Waals surface area contributed by atoms with Crippen LogP contribution in [0.4, 0.5) is 32.0 Å². The van der Waals surface area contributed by atoms with Crippen molar-refractivity contribution in [3.63, 3.8) is 0 Å². The summed E-state index contributed by atoms with van der Waals surface area (Å²) in [5.41, 5.74) is 4.44. The van der Waals surface area contributed by atoms with Gasteiger partial charge < -0.3 is 10.6 Å². The molecule has 2 N–H and O–H groups in total. The number of halogens is 6. The van der Waals surface area contributed by atoms with E-state index in [1.165, 1.54) is 11.1 Å². The lowest BCUT2D eigenvalue weighted by Gasteiger charge is -2.38. The number of piperidine rings is 1. The molecule has 136 valence electrons. The second-order valence-electron chi connectivity index (χ2n) is 6.02. The summed E-state index contributed by atoms with van der Waals surface area (Å²) in [6.07, 6.45) is -6.97. The van der Waals surface area contributed by atoms with E-state index in [1.54, 1.807) is 0 Å². The highest BCUT2D eigenvalue weighted by Gasteiger charge is 2.44. The number of hydrogen-bond donors (Lipinski definition) is 1. The first kappa shape index (κ1) is 17.7. The molecule has 0 amide bonds. The summed E-state index contributed by atoms with van der Waals surface area (Å²) < 4.78 is 78.6. The van der Waals surface area contributed by atoms with Gasteiger partial charge in [0.2, 0.25) is 0 Å². The van der Waals surface area contributed by atoms with Gasteiger partial charge in [-0.2, -0.15) is 26.3 Å². The van der Waals surface area contributed by atoms with Gasteiger partial charge in [-0.25, -0.2) is 0 Å². The molecule has 1 aromatic heterocycles. The zero-order valence-corrected chi connectivity index (χ0v) is 12.8. The van der Waals surface area contributed by atoms with Crippen molar-refractivity contribution in [2.75, 3.05) is 18.0 Å². The molecule has 0 bridgehead atoms. The molecule has 2 atom stereocenters. The molecular weight excluding hydrogens is 350 g/mol. The lowest BCUT2D eigenvalue weighted by atomic mass is 9.93. The number of aromatic nitrogens is 2. The van der Waals surface area contributed by atoms with E-state index in [9.17, 15) is 26.3 Å². The van der Waals surface area contributed by atoms with E-state index < -0.39 is 35.4 Å². The fraction of sp³-hybridized carbons (Fsp3) is 0.467. The van der Waals surface area contributed by atoms with Crippen molar-refractivity contribution >= 4 is 16.7 Å². The second kappa shape index (κ2) is 6.01. The first-order valence-corrected chi connectivity index (χ1v) is 7.45. The van der Waals surface area contributed by atoms with Gasteiger partial charge >= 0.3 is 12.4 Å². The number of fused-ring (bicyclic) bond motifs is 1. The van der Waals surface area contributed by atoms with Crippen LogP contribution in [0.3, 0.4) is 0 Å². The van der Waals surface area contributed by atoms with Gasteiger partial charge in [-0.15, -0.1) is 0 Å². The summed E-state index contributed by atoms with van der Waals surface area (Å²) in [5.74, 6) is -1.65. The number of alkyl halides is 6. The smallest absolute Gasteiger partial charge is 0.368 e. The number of hydrogen-bond acceptors (Lipinski definition) is 4. The highest BCUT2D eigenvalue weighted by Crippen LogP contribution is 2.39. The summed E-state index contributed by atoms with van der Waals surface area (Å²) in [6.45, 7) is -0.280. The maximum absolute atomic E-state index is 13.1. The Morgan fingerprint density at radius 3 is 2.20 bits per heavy atom. The van der Waals surface area contributed by atoms with E-state index in [2.05, 4.69) is 9.97 Å². The third kappa shape index (κ3) is 3.48. The molecule has 0 radical (unpaired) electrons. The van der Waals surface area contributed by atoms with E-state index in [0.29, 0.717) is 0 Å². The number of benzene rings is 1. The minimum Gasteiger partial charge on any atom is -0.368 e. The van der Waals surface area contributed by atoms with Crippen molar-refractivity contribution in [2.24, 2.45) is 11.7 Å². The molecule has 25 heavy (non-hydrogen) atoms. The molecule has 3 rings (SSSR count). The van der Waals surface area contributed by atoms with E-state index in [0.717, 1.165) is 18.3 Å². The lowest BCUT2D eigenvalue weighted by molar-refractivity contribution is -0.177. The summed E-state index contributed by atoms with van der Waals surface area (Å²) in [4.78, 5) is 8.98. The Bertz CT molecular complexity index is 773. The average Bonchev–Trinajstić information content (AvgIpc) is 2.51. The van der Waals surface area contributed by atoms with Gasteiger partial charge in [0.15, 0.2) is 0 Å². The normalized spacial score (nSPS) is 22.4. The number of rotatable bonds is 1. The second-order valence-corrected chi connectivity index (χ2v) is 6.02. The molecule has 2 heterocycles. The Morgan fingerprint density at radius 2 is 1.60 bits per heavy atom. The van der Waals surface area contributed by atoms with Crippen LogP contribution in [0.2, 0.25) is 0 Å². The third-order valence-corrected chi connectivity index (χ3v) is 4.20. The maximum Gasteiger partial charge on any atom is 0.418 e. The number of anilines is 1. The largest absolute Gasteiger partial charge is 0.418 e. The van der Waals surface area contributed by atoms with Crippen molar-refractivity contribution in [1.82, 2.24) is 9.97 Å². The summed E-state index contributed by atoms with van der Waals surface area (Å²) in [5, 5.41) is 0. The predicted octanol–water partition coefficient (Wildman–Crippen LogP) is 3.36. The van der Waals surface area contributed by atoms with Gasteiger partial charge in [-0.3, -0.25) is 9.97 Å². The monoisotopic (exact) mass is 364 g/mol. The average molecular weight is 364 g/mol. The van der Waals surface area contributed by atoms with Crippen LogP contribution in [-0.4, -0.2) is 35.3 Å². The van der Waals surface area contributed by atoms with Gasteiger partial charge in [0.25, 0.3) is 0 Å². The van der Waals surface area contributed by atoms with Crippen LogP contribution >= 0.6 is 0 Å². The minimum absolute atomic E-state index is 0.0904.